The van der Waals surface area contributed by atoms with Crippen molar-refractivity contribution >= 4 is 29.0 Å². The number of nitrogens with zero attached hydrogens (tertiary/aromatic N) is 2. The van der Waals surface area contributed by atoms with E-state index in [4.69, 9.17) is 4.74 Å². The van der Waals surface area contributed by atoms with Gasteiger partial charge in [0.1, 0.15) is 24.1 Å². The van der Waals surface area contributed by atoms with Crippen molar-refractivity contribution < 1.29 is 14.3 Å². The number of hydrogen-bond acceptors (Lipinski definition) is 5. The molecular weight excluding hydrogens is 464 g/mol. The summed E-state index contributed by atoms with van der Waals surface area (Å²) < 4.78 is 5.88. The van der Waals surface area contributed by atoms with Crippen LogP contribution in [0.3, 0.4) is 0 Å². The Morgan fingerprint density at radius 1 is 0.784 bits per heavy atom. The highest BCUT2D eigenvalue weighted by molar-refractivity contribution is 6.11. The number of nitrogens with one attached hydrogen (secondary N) is 2. The Hall–Kier alpha value is -4.65. The number of anilines is 3. The predicted octanol–water partition coefficient (Wildman–Crippen LogP) is 5.03. The molecule has 1 aromatic heterocycles. The molecule has 0 radical (unpaired) electrons. The first kappa shape index (κ1) is 25.4. The van der Waals surface area contributed by atoms with Crippen LogP contribution in [-0.4, -0.2) is 37.0 Å². The predicted molar refractivity (Wildman–Crippen MR) is 147 cm³/mol. The van der Waals surface area contributed by atoms with Crippen molar-refractivity contribution in [1.29, 1.82) is 0 Å². The van der Waals surface area contributed by atoms with Gasteiger partial charge in [0.25, 0.3) is 0 Å². The topological polar surface area (TPSA) is 83.6 Å². The number of likely N-dealkylation sites (N-methyl/N-ethyl adjacent to an activating group) is 1. The van der Waals surface area contributed by atoms with E-state index in [1.54, 1.807) is 30.5 Å². The Balaban J connectivity index is 1.38. The second-order valence-corrected chi connectivity index (χ2v) is 8.57. The largest absolute Gasteiger partial charge is 0.492 e. The first-order valence-electron chi connectivity index (χ1n) is 12.1. The summed E-state index contributed by atoms with van der Waals surface area (Å²) in [5, 5.41) is 5.72. The zero-order chi connectivity index (χ0) is 25.9. The van der Waals surface area contributed by atoms with E-state index in [1.807, 2.05) is 90.8 Å². The highest BCUT2D eigenvalue weighted by atomic mass is 16.5. The van der Waals surface area contributed by atoms with Gasteiger partial charge in [0.15, 0.2) is 0 Å². The molecule has 0 saturated carbocycles. The van der Waals surface area contributed by atoms with Gasteiger partial charge in [0, 0.05) is 24.6 Å². The third-order valence-corrected chi connectivity index (χ3v) is 5.81. The van der Waals surface area contributed by atoms with Gasteiger partial charge in [0.05, 0.1) is 6.54 Å². The summed E-state index contributed by atoms with van der Waals surface area (Å²) in [6.07, 6.45) is 2.01. The number of aromatic nitrogens is 1. The quantitative estimate of drug-likeness (QED) is 0.286. The van der Waals surface area contributed by atoms with Crippen molar-refractivity contribution in [3.63, 3.8) is 0 Å². The molecule has 37 heavy (non-hydrogen) atoms. The van der Waals surface area contributed by atoms with Gasteiger partial charge in [-0.3, -0.25) is 9.59 Å². The van der Waals surface area contributed by atoms with Gasteiger partial charge in [-0.15, -0.1) is 0 Å². The Bertz CT molecular complexity index is 1210. The minimum absolute atomic E-state index is 0.250. The molecule has 0 saturated heterocycles. The minimum atomic E-state index is -0.917. The van der Waals surface area contributed by atoms with Gasteiger partial charge < -0.3 is 20.3 Å². The fraction of sp³-hybridized carbons (Fsp3) is 0.167. The van der Waals surface area contributed by atoms with Crippen LogP contribution in [0.15, 0.2) is 109 Å². The third-order valence-electron chi connectivity index (χ3n) is 5.81. The van der Waals surface area contributed by atoms with E-state index in [0.29, 0.717) is 24.5 Å². The average molecular weight is 495 g/mol. The molecule has 0 bridgehead atoms. The maximum absolute atomic E-state index is 13.1. The lowest BCUT2D eigenvalue weighted by Crippen LogP contribution is -2.35. The number of benzene rings is 3. The summed E-state index contributed by atoms with van der Waals surface area (Å²) in [6.45, 7) is 1.17. The number of ether oxygens (including phenoxy) is 1. The molecule has 7 heteroatoms. The van der Waals surface area contributed by atoms with E-state index in [1.165, 1.54) is 0 Å². The lowest BCUT2D eigenvalue weighted by atomic mass is 9.97. The van der Waals surface area contributed by atoms with E-state index in [-0.39, 0.29) is 18.2 Å². The highest BCUT2D eigenvalue weighted by Crippen LogP contribution is 2.19. The SMILES string of the molecule is CN(CCOc1ccc(CC(C(=O)Nc2ccccc2)C(=O)Nc2ccccc2)cc1)c1ccccn1. The van der Waals surface area contributed by atoms with Crippen molar-refractivity contribution in [2.75, 3.05) is 35.7 Å². The molecule has 0 atom stereocenters. The average Bonchev–Trinajstić information content (AvgIpc) is 2.94. The lowest BCUT2D eigenvalue weighted by Gasteiger charge is -2.18. The molecule has 0 aliphatic heterocycles. The smallest absolute Gasteiger partial charge is 0.237 e. The van der Waals surface area contributed by atoms with Crippen LogP contribution >= 0.6 is 0 Å². The molecule has 0 spiro atoms. The minimum Gasteiger partial charge on any atom is -0.492 e. The molecule has 2 amide bonds. The molecule has 7 nitrogen and oxygen atoms in total. The van der Waals surface area contributed by atoms with Gasteiger partial charge in [-0.05, 0) is 60.5 Å². The van der Waals surface area contributed by atoms with Gasteiger partial charge in [-0.25, -0.2) is 4.98 Å². The number of para-hydroxylation sites is 2. The summed E-state index contributed by atoms with van der Waals surface area (Å²) in [6, 6.07) is 31.5. The van der Waals surface area contributed by atoms with Gasteiger partial charge in [-0.2, -0.15) is 0 Å². The van der Waals surface area contributed by atoms with E-state index < -0.39 is 5.92 Å². The number of carbonyl (C=O) groups is 2. The number of rotatable bonds is 11. The first-order valence-corrected chi connectivity index (χ1v) is 12.1. The number of carbonyl (C=O) groups excluding carboxylic acids is 2. The molecule has 188 valence electrons. The van der Waals surface area contributed by atoms with Crippen LogP contribution in [0.1, 0.15) is 5.56 Å². The molecule has 0 aliphatic carbocycles. The van der Waals surface area contributed by atoms with Gasteiger partial charge in [0.2, 0.25) is 11.8 Å². The van der Waals surface area contributed by atoms with Crippen LogP contribution < -0.4 is 20.3 Å². The van der Waals surface area contributed by atoms with Crippen LogP contribution in [0, 0.1) is 5.92 Å². The van der Waals surface area contributed by atoms with Crippen LogP contribution in [0.2, 0.25) is 0 Å². The normalized spacial score (nSPS) is 10.5. The molecule has 4 aromatic rings. The van der Waals surface area contributed by atoms with Crippen molar-refractivity contribution in [3.8, 4) is 5.75 Å². The molecular formula is C30H30N4O3. The standard InChI is InChI=1S/C30H30N4O3/c1-34(28-14-8-9-19-31-28)20-21-37-26-17-15-23(16-18-26)22-27(29(35)32-24-10-4-2-5-11-24)30(36)33-25-12-6-3-7-13-25/h2-19,27H,20-22H2,1H3,(H,32,35)(H,33,36). The number of pyridine rings is 1. The lowest BCUT2D eigenvalue weighted by molar-refractivity contribution is -0.129. The Labute approximate surface area is 217 Å². The molecule has 0 unspecified atom stereocenters. The van der Waals surface area contributed by atoms with Crippen molar-refractivity contribution in [2.24, 2.45) is 5.92 Å². The van der Waals surface area contributed by atoms with Gasteiger partial charge >= 0.3 is 0 Å². The fourth-order valence-corrected chi connectivity index (χ4v) is 3.76. The molecule has 3 aromatic carbocycles. The second kappa shape index (κ2) is 12.9. The molecule has 0 aliphatic rings. The summed E-state index contributed by atoms with van der Waals surface area (Å²) in [5.74, 6) is -0.0403. The van der Waals surface area contributed by atoms with Gasteiger partial charge in [-0.1, -0.05) is 54.6 Å². The van der Waals surface area contributed by atoms with E-state index >= 15 is 0 Å². The molecule has 1 heterocycles. The summed E-state index contributed by atoms with van der Waals surface area (Å²) >= 11 is 0. The summed E-state index contributed by atoms with van der Waals surface area (Å²) in [5.41, 5.74) is 2.14. The van der Waals surface area contributed by atoms with Crippen LogP contribution in [-0.2, 0) is 16.0 Å². The number of hydrogen-bond donors (Lipinski definition) is 2. The van der Waals surface area contributed by atoms with E-state index in [9.17, 15) is 9.59 Å². The molecule has 0 fully saturated rings. The Kier molecular flexibility index (Phi) is 8.86. The van der Waals surface area contributed by atoms with E-state index in [2.05, 4.69) is 15.6 Å². The highest BCUT2D eigenvalue weighted by Gasteiger charge is 2.27. The van der Waals surface area contributed by atoms with Crippen molar-refractivity contribution in [3.05, 3.63) is 115 Å². The van der Waals surface area contributed by atoms with Crippen LogP contribution in [0.4, 0.5) is 17.2 Å². The second-order valence-electron chi connectivity index (χ2n) is 8.57. The van der Waals surface area contributed by atoms with Crippen LogP contribution in [0.5, 0.6) is 5.75 Å². The Morgan fingerprint density at radius 3 is 1.89 bits per heavy atom. The van der Waals surface area contributed by atoms with Crippen molar-refractivity contribution in [2.45, 2.75) is 6.42 Å². The zero-order valence-electron chi connectivity index (χ0n) is 20.7. The maximum atomic E-state index is 13.1. The Morgan fingerprint density at radius 2 is 1.35 bits per heavy atom. The third kappa shape index (κ3) is 7.67. The summed E-state index contributed by atoms with van der Waals surface area (Å²) in [7, 11) is 1.97. The fourth-order valence-electron chi connectivity index (χ4n) is 3.76. The van der Waals surface area contributed by atoms with E-state index in [0.717, 1.165) is 17.1 Å². The summed E-state index contributed by atoms with van der Waals surface area (Å²) in [4.78, 5) is 32.6. The molecule has 2 N–H and O–H groups in total. The van der Waals surface area contributed by atoms with Crippen molar-refractivity contribution in [1.82, 2.24) is 4.98 Å². The van der Waals surface area contributed by atoms with Crippen LogP contribution in [0.25, 0.3) is 0 Å². The maximum Gasteiger partial charge on any atom is 0.237 e. The molecule has 4 rings (SSSR count). The number of amides is 2. The monoisotopic (exact) mass is 494 g/mol. The zero-order valence-corrected chi connectivity index (χ0v) is 20.7. The first-order chi connectivity index (χ1) is 18.1.